The molecule has 0 aliphatic heterocycles. The molecule has 76 valence electrons. The van der Waals surface area contributed by atoms with E-state index in [4.69, 9.17) is 5.11 Å². The number of nitrogens with zero attached hydrogens (tertiary/aromatic N) is 2. The number of hydrogen-bond acceptors (Lipinski definition) is 3. The molecule has 0 aromatic carbocycles. The Balaban J connectivity index is 2.45. The first-order valence-corrected chi connectivity index (χ1v) is 4.20. The van der Waals surface area contributed by atoms with Gasteiger partial charge in [-0.05, 0) is 12.5 Å². The molecule has 0 fully saturated rings. The van der Waals surface area contributed by atoms with Crippen molar-refractivity contribution in [2.24, 2.45) is 7.05 Å². The number of carboxylic acids is 1. The Morgan fingerprint density at radius 1 is 1.79 bits per heavy atom. The quantitative estimate of drug-likeness (QED) is 0.699. The summed E-state index contributed by atoms with van der Waals surface area (Å²) in [5, 5.41) is 15.5. The average Bonchev–Trinajstić information content (AvgIpc) is 2.47. The molecule has 1 aromatic rings. The Morgan fingerprint density at radius 3 is 3.00 bits per heavy atom. The Morgan fingerprint density at radius 2 is 2.50 bits per heavy atom. The van der Waals surface area contributed by atoms with E-state index < -0.39 is 5.97 Å². The van der Waals surface area contributed by atoms with E-state index in [1.54, 1.807) is 17.8 Å². The van der Waals surface area contributed by atoms with Crippen LogP contribution in [-0.4, -0.2) is 27.4 Å². The van der Waals surface area contributed by atoms with Crippen molar-refractivity contribution in [3.63, 3.8) is 0 Å². The fourth-order valence-corrected chi connectivity index (χ4v) is 1.02. The third kappa shape index (κ3) is 3.30. The number of carbonyl (C=O) groups is 1. The molecule has 0 atom stereocenters. The van der Waals surface area contributed by atoms with Gasteiger partial charge in [-0.3, -0.25) is 4.68 Å². The number of hydrogen-bond donors (Lipinski definition) is 2. The molecule has 0 aliphatic carbocycles. The molecule has 2 N–H and O–H groups in total. The van der Waals surface area contributed by atoms with E-state index in [1.165, 1.54) is 6.08 Å². The molecule has 0 unspecified atom stereocenters. The highest BCUT2D eigenvalue weighted by Crippen LogP contribution is 2.04. The minimum absolute atomic E-state index is 0.512. The number of carboxylic acid groups (broad SMARTS) is 1. The van der Waals surface area contributed by atoms with Crippen LogP contribution >= 0.6 is 0 Å². The zero-order valence-electron chi connectivity index (χ0n) is 8.19. The maximum atomic E-state index is 10.3. The van der Waals surface area contributed by atoms with Crippen LogP contribution in [0.4, 0.5) is 5.69 Å². The second-order valence-corrected chi connectivity index (χ2v) is 3.09. The first-order valence-electron chi connectivity index (χ1n) is 4.20. The van der Waals surface area contributed by atoms with Gasteiger partial charge in [-0.2, -0.15) is 5.10 Å². The van der Waals surface area contributed by atoms with Crippen LogP contribution in [0.5, 0.6) is 0 Å². The Hall–Kier alpha value is -1.78. The minimum atomic E-state index is -0.921. The van der Waals surface area contributed by atoms with Gasteiger partial charge in [0.1, 0.15) is 0 Å². The van der Waals surface area contributed by atoms with E-state index in [0.29, 0.717) is 6.54 Å². The highest BCUT2D eigenvalue weighted by Gasteiger charge is 1.96. The van der Waals surface area contributed by atoms with Crippen LogP contribution in [0.25, 0.3) is 0 Å². The Kier molecular flexibility index (Phi) is 3.28. The number of aryl methyl sites for hydroxylation is 1. The molecule has 0 amide bonds. The molecular weight excluding hydrogens is 182 g/mol. The van der Waals surface area contributed by atoms with Crippen molar-refractivity contribution >= 4 is 11.7 Å². The molecule has 0 radical (unpaired) electrons. The summed E-state index contributed by atoms with van der Waals surface area (Å²) < 4.78 is 1.68. The van der Waals surface area contributed by atoms with Gasteiger partial charge in [-0.15, -0.1) is 0 Å². The normalized spacial score (nSPS) is 11.4. The summed E-state index contributed by atoms with van der Waals surface area (Å²) in [4.78, 5) is 10.3. The molecule has 14 heavy (non-hydrogen) atoms. The molecule has 0 saturated carbocycles. The fourth-order valence-electron chi connectivity index (χ4n) is 1.02. The highest BCUT2D eigenvalue weighted by atomic mass is 16.4. The summed E-state index contributed by atoms with van der Waals surface area (Å²) in [6.45, 7) is 2.27. The lowest BCUT2D eigenvalue weighted by atomic mass is 10.3. The second kappa shape index (κ2) is 4.45. The smallest absolute Gasteiger partial charge is 0.328 e. The molecule has 5 nitrogen and oxygen atoms in total. The first kappa shape index (κ1) is 10.3. The van der Waals surface area contributed by atoms with E-state index in [1.807, 2.05) is 13.2 Å². The summed E-state index contributed by atoms with van der Waals surface area (Å²) in [7, 11) is 1.82. The van der Waals surface area contributed by atoms with E-state index in [-0.39, 0.29) is 0 Å². The molecule has 1 heterocycles. The topological polar surface area (TPSA) is 67.2 Å². The standard InChI is InChI=1S/C9H13N3O2/c1-7(3-9(13)14)4-10-8-5-11-12(2)6-8/h3,5-6,10H,4H2,1-2H3,(H,13,14)/b7-3+. The number of aromatic nitrogens is 2. The van der Waals surface area contributed by atoms with Gasteiger partial charge in [-0.1, -0.05) is 0 Å². The van der Waals surface area contributed by atoms with Gasteiger partial charge in [0.25, 0.3) is 0 Å². The zero-order valence-corrected chi connectivity index (χ0v) is 8.19. The maximum Gasteiger partial charge on any atom is 0.328 e. The molecule has 0 spiro atoms. The van der Waals surface area contributed by atoms with Gasteiger partial charge < -0.3 is 10.4 Å². The van der Waals surface area contributed by atoms with Gasteiger partial charge >= 0.3 is 5.97 Å². The van der Waals surface area contributed by atoms with Crippen molar-refractivity contribution in [1.82, 2.24) is 9.78 Å². The van der Waals surface area contributed by atoms with Gasteiger partial charge in [0.2, 0.25) is 0 Å². The van der Waals surface area contributed by atoms with Crippen LogP contribution in [0, 0.1) is 0 Å². The highest BCUT2D eigenvalue weighted by molar-refractivity contribution is 5.80. The summed E-state index contributed by atoms with van der Waals surface area (Å²) >= 11 is 0. The lowest BCUT2D eigenvalue weighted by Crippen LogP contribution is -2.03. The molecule has 1 rings (SSSR count). The monoisotopic (exact) mass is 195 g/mol. The third-order valence-electron chi connectivity index (χ3n) is 1.65. The van der Waals surface area contributed by atoms with Gasteiger partial charge in [0.05, 0.1) is 11.9 Å². The lowest BCUT2D eigenvalue weighted by molar-refractivity contribution is -0.131. The van der Waals surface area contributed by atoms with Gasteiger partial charge in [0.15, 0.2) is 0 Å². The van der Waals surface area contributed by atoms with Crippen LogP contribution < -0.4 is 5.32 Å². The van der Waals surface area contributed by atoms with E-state index in [9.17, 15) is 4.79 Å². The predicted octanol–water partition coefficient (Wildman–Crippen LogP) is 0.863. The van der Waals surface area contributed by atoms with Gasteiger partial charge in [0, 0.05) is 25.9 Å². The maximum absolute atomic E-state index is 10.3. The van der Waals surface area contributed by atoms with E-state index >= 15 is 0 Å². The SMILES string of the molecule is C/C(=C\C(=O)O)CNc1cnn(C)c1. The Bertz CT molecular complexity index is 355. The molecule has 0 aliphatic rings. The van der Waals surface area contributed by atoms with E-state index in [0.717, 1.165) is 11.3 Å². The van der Waals surface area contributed by atoms with Crippen molar-refractivity contribution in [3.8, 4) is 0 Å². The zero-order chi connectivity index (χ0) is 10.6. The molecule has 0 saturated heterocycles. The number of anilines is 1. The number of nitrogens with one attached hydrogen (secondary N) is 1. The largest absolute Gasteiger partial charge is 0.478 e. The van der Waals surface area contributed by atoms with E-state index in [2.05, 4.69) is 10.4 Å². The predicted molar refractivity (Wildman–Crippen MR) is 53.1 cm³/mol. The summed E-state index contributed by atoms with van der Waals surface area (Å²) in [5.74, 6) is -0.921. The number of rotatable bonds is 4. The Labute approximate surface area is 82.0 Å². The average molecular weight is 195 g/mol. The first-order chi connectivity index (χ1) is 6.58. The molecule has 1 aromatic heterocycles. The number of aliphatic carboxylic acids is 1. The molecule has 0 bridgehead atoms. The van der Waals surface area contributed by atoms with Crippen molar-refractivity contribution < 1.29 is 9.90 Å². The molecular formula is C9H13N3O2. The minimum Gasteiger partial charge on any atom is -0.478 e. The van der Waals surface area contributed by atoms with Crippen LogP contribution in [0.3, 0.4) is 0 Å². The van der Waals surface area contributed by atoms with Gasteiger partial charge in [-0.25, -0.2) is 4.79 Å². The van der Waals surface area contributed by atoms with Crippen LogP contribution in [-0.2, 0) is 11.8 Å². The van der Waals surface area contributed by atoms with Crippen LogP contribution in [0.15, 0.2) is 24.0 Å². The van der Waals surface area contributed by atoms with Crippen LogP contribution in [0.2, 0.25) is 0 Å². The fraction of sp³-hybridized carbons (Fsp3) is 0.333. The summed E-state index contributed by atoms with van der Waals surface area (Å²) in [5.41, 5.74) is 1.65. The van der Waals surface area contributed by atoms with Crippen molar-refractivity contribution in [3.05, 3.63) is 24.0 Å². The van der Waals surface area contributed by atoms with Crippen LogP contribution in [0.1, 0.15) is 6.92 Å². The summed E-state index contributed by atoms with van der Waals surface area (Å²) in [6.07, 6.45) is 4.70. The second-order valence-electron chi connectivity index (χ2n) is 3.09. The third-order valence-corrected chi connectivity index (χ3v) is 1.65. The van der Waals surface area contributed by atoms with Crippen molar-refractivity contribution in [1.29, 1.82) is 0 Å². The van der Waals surface area contributed by atoms with Crippen molar-refractivity contribution in [2.75, 3.05) is 11.9 Å². The lowest BCUT2D eigenvalue weighted by Gasteiger charge is -2.01. The van der Waals surface area contributed by atoms with Crippen molar-refractivity contribution in [2.45, 2.75) is 6.92 Å². The molecule has 5 heteroatoms. The summed E-state index contributed by atoms with van der Waals surface area (Å²) in [6, 6.07) is 0.